The number of anilines is 1. The minimum absolute atomic E-state index is 0.0118. The van der Waals surface area contributed by atoms with Gasteiger partial charge in [0.15, 0.2) is 0 Å². The zero-order valence-corrected chi connectivity index (χ0v) is 14.3. The Morgan fingerprint density at radius 3 is 2.90 bits per heavy atom. The Labute approximate surface area is 133 Å². The van der Waals surface area contributed by atoms with Gasteiger partial charge < -0.3 is 11.1 Å². The van der Waals surface area contributed by atoms with E-state index in [0.717, 1.165) is 22.9 Å². The number of rotatable bonds is 3. The molecule has 1 amide bonds. The molecule has 5 heteroatoms. The number of carbonyl (C=O) groups is 1. The van der Waals surface area contributed by atoms with Crippen LogP contribution in [0.3, 0.4) is 0 Å². The van der Waals surface area contributed by atoms with Crippen LogP contribution in [-0.2, 0) is 0 Å². The van der Waals surface area contributed by atoms with E-state index in [1.807, 2.05) is 30.8 Å². The molecule has 0 bridgehead atoms. The highest BCUT2D eigenvalue weighted by Gasteiger charge is 2.23. The molecular weight excluding hydrogens is 336 g/mol. The Morgan fingerprint density at radius 2 is 2.20 bits per heavy atom. The van der Waals surface area contributed by atoms with Crippen molar-refractivity contribution in [2.24, 2.45) is 0 Å². The van der Waals surface area contributed by atoms with E-state index >= 15 is 0 Å². The maximum Gasteiger partial charge on any atom is 0.251 e. The normalized spacial score (nSPS) is 22.6. The van der Waals surface area contributed by atoms with Crippen molar-refractivity contribution >= 4 is 39.3 Å². The summed E-state index contributed by atoms with van der Waals surface area (Å²) in [6, 6.07) is 3.96. The largest absolute Gasteiger partial charge is 0.398 e. The van der Waals surface area contributed by atoms with Gasteiger partial charge in [-0.1, -0.05) is 22.4 Å². The fourth-order valence-corrected chi connectivity index (χ4v) is 3.99. The van der Waals surface area contributed by atoms with Crippen LogP contribution in [0.4, 0.5) is 5.69 Å². The van der Waals surface area contributed by atoms with Gasteiger partial charge in [0.2, 0.25) is 0 Å². The van der Waals surface area contributed by atoms with Crippen molar-refractivity contribution in [3.8, 4) is 0 Å². The fourth-order valence-electron chi connectivity index (χ4n) is 2.69. The Balaban J connectivity index is 2.08. The van der Waals surface area contributed by atoms with Crippen molar-refractivity contribution in [2.45, 2.75) is 43.9 Å². The molecule has 1 aromatic rings. The number of hydrogen-bond donors (Lipinski definition) is 2. The second-order valence-corrected chi connectivity index (χ2v) is 7.42. The SMILES string of the molecule is CSC1CCCC(NC(=O)c2cc(Br)cc(N)c2C)C1. The van der Waals surface area contributed by atoms with Gasteiger partial charge in [-0.05, 0) is 50.1 Å². The molecule has 2 unspecified atom stereocenters. The third-order valence-corrected chi connectivity index (χ3v) is 5.50. The van der Waals surface area contributed by atoms with Crippen molar-refractivity contribution in [1.29, 1.82) is 0 Å². The van der Waals surface area contributed by atoms with Crippen molar-refractivity contribution in [3.05, 3.63) is 27.7 Å². The molecule has 1 aliphatic carbocycles. The zero-order chi connectivity index (χ0) is 14.7. The summed E-state index contributed by atoms with van der Waals surface area (Å²) in [6.07, 6.45) is 6.74. The zero-order valence-electron chi connectivity index (χ0n) is 11.9. The average Bonchev–Trinajstić information content (AvgIpc) is 2.43. The number of halogens is 1. The molecule has 110 valence electrons. The lowest BCUT2D eigenvalue weighted by Crippen LogP contribution is -2.39. The molecule has 2 rings (SSSR count). The molecule has 3 nitrogen and oxygen atoms in total. The Morgan fingerprint density at radius 1 is 1.45 bits per heavy atom. The maximum absolute atomic E-state index is 12.4. The van der Waals surface area contributed by atoms with Crippen molar-refractivity contribution in [3.63, 3.8) is 0 Å². The summed E-state index contributed by atoms with van der Waals surface area (Å²) >= 11 is 5.30. The van der Waals surface area contributed by atoms with Crippen LogP contribution < -0.4 is 11.1 Å². The topological polar surface area (TPSA) is 55.1 Å². The molecule has 0 spiro atoms. The molecule has 1 fully saturated rings. The van der Waals surface area contributed by atoms with Crippen LogP contribution in [0.1, 0.15) is 41.6 Å². The first-order chi connectivity index (χ1) is 9.51. The smallest absolute Gasteiger partial charge is 0.251 e. The molecule has 0 aromatic heterocycles. The number of benzene rings is 1. The molecule has 1 saturated carbocycles. The van der Waals surface area contributed by atoms with E-state index in [1.165, 1.54) is 12.8 Å². The second kappa shape index (κ2) is 6.85. The number of nitrogens with two attached hydrogens (primary N) is 1. The van der Waals surface area contributed by atoms with E-state index in [9.17, 15) is 4.79 Å². The van der Waals surface area contributed by atoms with Crippen molar-refractivity contribution < 1.29 is 4.79 Å². The quantitative estimate of drug-likeness (QED) is 0.811. The van der Waals surface area contributed by atoms with E-state index in [-0.39, 0.29) is 11.9 Å². The summed E-state index contributed by atoms with van der Waals surface area (Å²) in [5, 5.41) is 3.84. The minimum atomic E-state index is -0.0118. The van der Waals surface area contributed by atoms with E-state index in [2.05, 4.69) is 27.5 Å². The Kier molecular flexibility index (Phi) is 5.38. The van der Waals surface area contributed by atoms with Crippen LogP contribution >= 0.6 is 27.7 Å². The first kappa shape index (κ1) is 15.7. The average molecular weight is 357 g/mol. The number of amides is 1. The minimum Gasteiger partial charge on any atom is -0.398 e. The Hall–Kier alpha value is -0.680. The molecule has 1 aliphatic rings. The molecular formula is C15H21BrN2OS. The first-order valence-corrected chi connectivity index (χ1v) is 8.98. The standard InChI is InChI=1S/C15H21BrN2OS/c1-9-13(6-10(16)7-14(9)17)15(19)18-11-4-3-5-12(8-11)20-2/h6-7,11-12H,3-5,8,17H2,1-2H3,(H,18,19). The van der Waals surface area contributed by atoms with E-state index in [4.69, 9.17) is 5.73 Å². The van der Waals surface area contributed by atoms with Gasteiger partial charge in [0.05, 0.1) is 0 Å². The molecule has 0 heterocycles. The molecule has 0 saturated heterocycles. The molecule has 3 N–H and O–H groups in total. The van der Waals surface area contributed by atoms with Gasteiger partial charge in [0.1, 0.15) is 0 Å². The lowest BCUT2D eigenvalue weighted by atomic mass is 9.94. The molecule has 2 atom stereocenters. The first-order valence-electron chi connectivity index (χ1n) is 6.90. The predicted octanol–water partition coefficient (Wildman–Crippen LogP) is 3.74. The number of hydrogen-bond acceptors (Lipinski definition) is 3. The fraction of sp³-hybridized carbons (Fsp3) is 0.533. The third kappa shape index (κ3) is 3.70. The van der Waals surface area contributed by atoms with Gasteiger partial charge in [0.25, 0.3) is 5.91 Å². The lowest BCUT2D eigenvalue weighted by Gasteiger charge is -2.29. The predicted molar refractivity (Wildman–Crippen MR) is 90.3 cm³/mol. The van der Waals surface area contributed by atoms with Gasteiger partial charge >= 0.3 is 0 Å². The van der Waals surface area contributed by atoms with E-state index < -0.39 is 0 Å². The molecule has 1 aromatic carbocycles. The van der Waals surface area contributed by atoms with Gasteiger partial charge in [-0.15, -0.1) is 0 Å². The summed E-state index contributed by atoms with van der Waals surface area (Å²) in [5.74, 6) is -0.0118. The van der Waals surface area contributed by atoms with E-state index in [1.54, 1.807) is 0 Å². The molecule has 0 radical (unpaired) electrons. The second-order valence-electron chi connectivity index (χ2n) is 5.36. The number of nitrogens with one attached hydrogen (secondary N) is 1. The summed E-state index contributed by atoms with van der Waals surface area (Å²) in [6.45, 7) is 1.89. The maximum atomic E-state index is 12.4. The van der Waals surface area contributed by atoms with E-state index in [0.29, 0.717) is 16.5 Å². The Bertz CT molecular complexity index is 507. The highest BCUT2D eigenvalue weighted by molar-refractivity contribution is 9.10. The van der Waals surface area contributed by atoms with Crippen LogP contribution in [0.15, 0.2) is 16.6 Å². The highest BCUT2D eigenvalue weighted by atomic mass is 79.9. The summed E-state index contributed by atoms with van der Waals surface area (Å²) in [7, 11) is 0. The number of nitrogen functional groups attached to an aromatic ring is 1. The summed E-state index contributed by atoms with van der Waals surface area (Å²) in [5.41, 5.74) is 8.09. The van der Waals surface area contributed by atoms with Crippen LogP contribution in [-0.4, -0.2) is 23.5 Å². The summed E-state index contributed by atoms with van der Waals surface area (Å²) in [4.78, 5) is 12.4. The van der Waals surface area contributed by atoms with Gasteiger partial charge in [-0.25, -0.2) is 0 Å². The van der Waals surface area contributed by atoms with Gasteiger partial charge in [-0.2, -0.15) is 11.8 Å². The number of carbonyl (C=O) groups excluding carboxylic acids is 1. The monoisotopic (exact) mass is 356 g/mol. The number of thioether (sulfide) groups is 1. The van der Waals surface area contributed by atoms with Gasteiger partial charge in [0, 0.05) is 27.0 Å². The van der Waals surface area contributed by atoms with Crippen LogP contribution in [0.25, 0.3) is 0 Å². The van der Waals surface area contributed by atoms with Crippen LogP contribution in [0.5, 0.6) is 0 Å². The summed E-state index contributed by atoms with van der Waals surface area (Å²) < 4.78 is 0.844. The van der Waals surface area contributed by atoms with Crippen LogP contribution in [0, 0.1) is 6.92 Å². The lowest BCUT2D eigenvalue weighted by molar-refractivity contribution is 0.0928. The van der Waals surface area contributed by atoms with Crippen LogP contribution in [0.2, 0.25) is 0 Å². The third-order valence-electron chi connectivity index (χ3n) is 3.95. The van der Waals surface area contributed by atoms with Gasteiger partial charge in [-0.3, -0.25) is 4.79 Å². The highest BCUT2D eigenvalue weighted by Crippen LogP contribution is 2.28. The molecule has 20 heavy (non-hydrogen) atoms. The molecule has 0 aliphatic heterocycles. The van der Waals surface area contributed by atoms with Crippen molar-refractivity contribution in [1.82, 2.24) is 5.32 Å². The van der Waals surface area contributed by atoms with Crippen molar-refractivity contribution in [2.75, 3.05) is 12.0 Å².